The van der Waals surface area contributed by atoms with E-state index in [0.717, 1.165) is 12.3 Å². The molecule has 2 aliphatic rings. The maximum absolute atomic E-state index is 14.7. The van der Waals surface area contributed by atoms with Crippen LogP contribution < -0.4 is 26.0 Å². The Morgan fingerprint density at radius 3 is 2.67 bits per heavy atom. The van der Waals surface area contributed by atoms with Crippen molar-refractivity contribution in [2.24, 2.45) is 10.7 Å². The molecule has 3 aromatic rings. The summed E-state index contributed by atoms with van der Waals surface area (Å²) in [4.78, 5) is 13.1. The van der Waals surface area contributed by atoms with Crippen LogP contribution >= 0.6 is 0 Å². The number of rotatable bonds is 10. The van der Waals surface area contributed by atoms with E-state index in [4.69, 9.17) is 14.9 Å². The zero-order valence-electron chi connectivity index (χ0n) is 22.1. The Bertz CT molecular complexity index is 1490. The number of furan rings is 1. The third-order valence-electron chi connectivity index (χ3n) is 6.82. The smallest absolute Gasteiger partial charge is 0.232 e. The molecule has 16 heteroatoms. The van der Waals surface area contributed by atoms with Crippen molar-refractivity contribution >= 4 is 27.4 Å². The van der Waals surface area contributed by atoms with Crippen LogP contribution in [0.5, 0.6) is 5.75 Å². The van der Waals surface area contributed by atoms with Crippen LogP contribution in [0.4, 0.5) is 20.4 Å². The van der Waals surface area contributed by atoms with Crippen LogP contribution in [-0.4, -0.2) is 98.2 Å². The van der Waals surface area contributed by atoms with Crippen LogP contribution in [0.1, 0.15) is 6.42 Å². The molecule has 4 N–H and O–H groups in total. The van der Waals surface area contributed by atoms with Crippen LogP contribution in [-0.2, 0) is 9.84 Å². The van der Waals surface area contributed by atoms with Gasteiger partial charge in [-0.05, 0) is 19.2 Å². The zero-order chi connectivity index (χ0) is 28.5. The molecule has 0 aliphatic carbocycles. The Kier molecular flexibility index (Phi) is 7.65. The van der Waals surface area contributed by atoms with Crippen LogP contribution in [0, 0.1) is 11.6 Å². The highest BCUT2D eigenvalue weighted by Crippen LogP contribution is 2.30. The highest BCUT2D eigenvalue weighted by Gasteiger charge is 2.36. The molecule has 1 aromatic carbocycles. The summed E-state index contributed by atoms with van der Waals surface area (Å²) in [5, 5.41) is 10.8. The Morgan fingerprint density at radius 1 is 1.23 bits per heavy atom. The van der Waals surface area contributed by atoms with E-state index in [-0.39, 0.29) is 29.8 Å². The maximum Gasteiger partial charge on any atom is 0.232 e. The lowest BCUT2D eigenvalue weighted by molar-refractivity contribution is 0.223. The number of hydrogen-bond donors (Lipinski definition) is 3. The summed E-state index contributed by atoms with van der Waals surface area (Å²) < 4.78 is 63.7. The van der Waals surface area contributed by atoms with Gasteiger partial charge in [-0.15, -0.1) is 5.10 Å². The summed E-state index contributed by atoms with van der Waals surface area (Å²) >= 11 is 0. The van der Waals surface area contributed by atoms with Gasteiger partial charge in [-0.1, -0.05) is 0 Å². The van der Waals surface area contributed by atoms with Crippen molar-refractivity contribution < 1.29 is 26.4 Å². The van der Waals surface area contributed by atoms with Crippen LogP contribution in [0.2, 0.25) is 0 Å². The first kappa shape index (κ1) is 27.8. The third kappa shape index (κ3) is 6.03. The SMILES string of the molecule is CNC1(CCN2CCN(c3cc(OCCS(C)(=O)=O)c(F)cc3F)CC2)N=C(N)n2nc(-c3ccco3)nc2N1. The van der Waals surface area contributed by atoms with E-state index < -0.39 is 27.3 Å². The molecule has 40 heavy (non-hydrogen) atoms. The average molecular weight is 580 g/mol. The highest BCUT2D eigenvalue weighted by molar-refractivity contribution is 7.90. The second-order valence-corrected chi connectivity index (χ2v) is 11.9. The Balaban J connectivity index is 1.19. The largest absolute Gasteiger partial charge is 0.489 e. The molecular weight excluding hydrogens is 548 g/mol. The minimum Gasteiger partial charge on any atom is -0.489 e. The van der Waals surface area contributed by atoms with Crippen molar-refractivity contribution in [1.29, 1.82) is 0 Å². The number of benzene rings is 1. The number of nitrogens with zero attached hydrogens (tertiary/aromatic N) is 6. The van der Waals surface area contributed by atoms with Gasteiger partial charge < -0.3 is 25.1 Å². The van der Waals surface area contributed by atoms with Crippen LogP contribution in [0.15, 0.2) is 39.9 Å². The zero-order valence-corrected chi connectivity index (χ0v) is 22.9. The van der Waals surface area contributed by atoms with Gasteiger partial charge in [0.05, 0.1) is 17.7 Å². The van der Waals surface area contributed by atoms with Crippen molar-refractivity contribution in [1.82, 2.24) is 25.0 Å². The number of hydrogen-bond acceptors (Lipinski definition) is 12. The van der Waals surface area contributed by atoms with Gasteiger partial charge in [0.25, 0.3) is 0 Å². The van der Waals surface area contributed by atoms with E-state index in [1.54, 1.807) is 19.2 Å². The lowest BCUT2D eigenvalue weighted by Crippen LogP contribution is -2.56. The molecule has 1 atom stereocenters. The van der Waals surface area contributed by atoms with Gasteiger partial charge >= 0.3 is 0 Å². The Morgan fingerprint density at radius 2 is 2.00 bits per heavy atom. The molecule has 5 rings (SSSR count). The molecule has 4 heterocycles. The second kappa shape index (κ2) is 11.0. The molecule has 2 aromatic heterocycles. The summed E-state index contributed by atoms with van der Waals surface area (Å²) in [5.74, 6) is -1.44. The summed E-state index contributed by atoms with van der Waals surface area (Å²) in [6.45, 7) is 2.67. The van der Waals surface area contributed by atoms with Crippen molar-refractivity contribution in [2.45, 2.75) is 12.2 Å². The molecule has 216 valence electrons. The molecule has 0 spiro atoms. The van der Waals surface area contributed by atoms with Gasteiger partial charge in [0.2, 0.25) is 17.7 Å². The van der Waals surface area contributed by atoms with Crippen molar-refractivity contribution in [2.75, 3.05) is 68.6 Å². The first-order chi connectivity index (χ1) is 19.1. The lowest BCUT2D eigenvalue weighted by Gasteiger charge is -2.39. The summed E-state index contributed by atoms with van der Waals surface area (Å²) in [6.07, 6.45) is 3.14. The number of halogens is 2. The Hall–Kier alpha value is -3.76. The first-order valence-corrected chi connectivity index (χ1v) is 14.7. The van der Waals surface area contributed by atoms with Gasteiger partial charge in [0, 0.05) is 57.5 Å². The molecule has 2 aliphatic heterocycles. The summed E-state index contributed by atoms with van der Waals surface area (Å²) in [5.41, 5.74) is 6.43. The van der Waals surface area contributed by atoms with E-state index in [1.807, 2.05) is 4.90 Å². The fraction of sp³-hybridized carbons (Fsp3) is 0.458. The summed E-state index contributed by atoms with van der Waals surface area (Å²) in [6, 6.07) is 5.55. The van der Waals surface area contributed by atoms with Crippen molar-refractivity contribution in [3.05, 3.63) is 42.2 Å². The number of nitrogens with one attached hydrogen (secondary N) is 2. The normalized spacial score (nSPS) is 19.7. The number of aliphatic imine (C=N–C) groups is 1. The predicted molar refractivity (Wildman–Crippen MR) is 145 cm³/mol. The number of aromatic nitrogens is 3. The highest BCUT2D eigenvalue weighted by atomic mass is 32.2. The van der Waals surface area contributed by atoms with E-state index in [9.17, 15) is 17.2 Å². The van der Waals surface area contributed by atoms with Gasteiger partial charge in [-0.3, -0.25) is 10.2 Å². The molecule has 0 bridgehead atoms. The van der Waals surface area contributed by atoms with Gasteiger partial charge in [0.15, 0.2) is 33.0 Å². The molecule has 13 nitrogen and oxygen atoms in total. The van der Waals surface area contributed by atoms with E-state index >= 15 is 0 Å². The summed E-state index contributed by atoms with van der Waals surface area (Å²) in [7, 11) is -1.50. The van der Waals surface area contributed by atoms with Crippen LogP contribution in [0.25, 0.3) is 11.6 Å². The van der Waals surface area contributed by atoms with Gasteiger partial charge in [-0.25, -0.2) is 22.2 Å². The fourth-order valence-electron chi connectivity index (χ4n) is 4.59. The number of anilines is 2. The quantitative estimate of drug-likeness (QED) is 0.314. The standard InChI is InChI=1S/C24H31F2N9O4S/c1-28-24(30-22(27)35-23(31-24)29-21(32-35)19-4-3-11-38-19)5-6-33-7-9-34(10-8-33)18-15-20(17(26)14-16(18)25)39-12-13-40(2,36)37/h3-4,11,14-15,28H,5-10,12-13H2,1-2H3,(H2,27,30)(H,29,31,32). The molecule has 1 saturated heterocycles. The second-order valence-electron chi connectivity index (χ2n) is 9.64. The van der Waals surface area contributed by atoms with Gasteiger partial charge in [0.1, 0.15) is 12.4 Å². The van der Waals surface area contributed by atoms with E-state index in [1.165, 1.54) is 17.0 Å². The number of sulfone groups is 1. The molecule has 0 amide bonds. The van der Waals surface area contributed by atoms with Crippen molar-refractivity contribution in [3.8, 4) is 17.3 Å². The molecule has 0 radical (unpaired) electrons. The molecule has 0 saturated carbocycles. The fourth-order valence-corrected chi connectivity index (χ4v) is 4.97. The number of piperazine rings is 1. The number of nitrogens with two attached hydrogens (primary N) is 1. The maximum atomic E-state index is 14.7. The van der Waals surface area contributed by atoms with Gasteiger partial charge in [-0.2, -0.15) is 9.67 Å². The monoisotopic (exact) mass is 579 g/mol. The van der Waals surface area contributed by atoms with E-state index in [2.05, 4.69) is 30.6 Å². The molecule has 1 unspecified atom stereocenters. The first-order valence-electron chi connectivity index (χ1n) is 12.7. The molecule has 1 fully saturated rings. The predicted octanol–water partition coefficient (Wildman–Crippen LogP) is 0.914. The third-order valence-corrected chi connectivity index (χ3v) is 7.73. The van der Waals surface area contributed by atoms with E-state index in [0.29, 0.717) is 56.7 Å². The minimum absolute atomic E-state index is 0.180. The average Bonchev–Trinajstić information content (AvgIpc) is 3.59. The topological polar surface area (TPSA) is 156 Å². The number of ether oxygens (including phenoxy) is 1. The lowest BCUT2D eigenvalue weighted by atomic mass is 10.1. The minimum atomic E-state index is -3.27. The number of fused-ring (bicyclic) bond motifs is 1. The van der Waals surface area contributed by atoms with Crippen molar-refractivity contribution in [3.63, 3.8) is 0 Å². The Labute approximate surface area is 229 Å². The van der Waals surface area contributed by atoms with Crippen LogP contribution in [0.3, 0.4) is 0 Å². The molecular formula is C24H31F2N9O4S.